The van der Waals surface area contributed by atoms with Crippen molar-refractivity contribution in [1.29, 1.82) is 0 Å². The predicted molar refractivity (Wildman–Crippen MR) is 85.0 cm³/mol. The van der Waals surface area contributed by atoms with Crippen LogP contribution in [0.1, 0.15) is 24.2 Å². The van der Waals surface area contributed by atoms with Gasteiger partial charge in [0.1, 0.15) is 5.69 Å². The fraction of sp³-hybridized carbons (Fsp3) is 0.333. The number of non-ortho nitro benzene ring substituents is 1. The Morgan fingerprint density at radius 2 is 2.04 bits per heavy atom. The number of hydrogen-bond acceptors (Lipinski definition) is 6. The van der Waals surface area contributed by atoms with Crippen LogP contribution in [-0.2, 0) is 6.18 Å². The van der Waals surface area contributed by atoms with E-state index in [9.17, 15) is 23.3 Å². The number of nitro groups is 1. The first-order valence-electron chi connectivity index (χ1n) is 7.39. The second kappa shape index (κ2) is 7.88. The zero-order valence-electron chi connectivity index (χ0n) is 13.2. The molecule has 0 bridgehead atoms. The van der Waals surface area contributed by atoms with Crippen molar-refractivity contribution in [3.63, 3.8) is 0 Å². The van der Waals surface area contributed by atoms with Crippen LogP contribution in [-0.4, -0.2) is 28.0 Å². The number of aromatic nitrogens is 2. The van der Waals surface area contributed by atoms with Crippen LogP contribution >= 0.6 is 0 Å². The first-order valence-corrected chi connectivity index (χ1v) is 7.39. The second-order valence-corrected chi connectivity index (χ2v) is 5.22. The van der Waals surface area contributed by atoms with Crippen molar-refractivity contribution in [2.45, 2.75) is 19.1 Å². The number of nitro benzene ring substituents is 1. The van der Waals surface area contributed by atoms with Gasteiger partial charge in [0, 0.05) is 37.5 Å². The summed E-state index contributed by atoms with van der Waals surface area (Å²) in [4.78, 5) is 17.4. The maximum absolute atomic E-state index is 12.6. The summed E-state index contributed by atoms with van der Waals surface area (Å²) in [6, 6.07) is 6.87. The van der Waals surface area contributed by atoms with Gasteiger partial charge in [-0.05, 0) is 18.6 Å². The Morgan fingerprint density at radius 3 is 2.72 bits per heavy atom. The number of alkyl halides is 3. The Balaban J connectivity index is 1.85. The topological polar surface area (TPSA) is 93.0 Å². The van der Waals surface area contributed by atoms with Gasteiger partial charge >= 0.3 is 6.18 Å². The minimum Gasteiger partial charge on any atom is -0.353 e. The van der Waals surface area contributed by atoms with Gasteiger partial charge < -0.3 is 10.6 Å². The summed E-state index contributed by atoms with van der Waals surface area (Å²) in [5, 5.41) is 16.6. The van der Waals surface area contributed by atoms with E-state index in [2.05, 4.69) is 20.6 Å². The molecule has 10 heteroatoms. The third-order valence-corrected chi connectivity index (χ3v) is 3.39. The van der Waals surface area contributed by atoms with Crippen molar-refractivity contribution in [2.24, 2.45) is 0 Å². The molecule has 1 aromatic carbocycles. The molecule has 0 aliphatic carbocycles. The van der Waals surface area contributed by atoms with Gasteiger partial charge in [0.05, 0.1) is 4.92 Å². The fourth-order valence-corrected chi connectivity index (χ4v) is 2.09. The van der Waals surface area contributed by atoms with Crippen molar-refractivity contribution >= 4 is 11.6 Å². The first kappa shape index (κ1) is 18.6. The third-order valence-electron chi connectivity index (χ3n) is 3.39. The highest BCUT2D eigenvalue weighted by molar-refractivity contribution is 5.35. The third kappa shape index (κ3) is 5.38. The zero-order valence-corrected chi connectivity index (χ0v) is 13.2. The summed E-state index contributed by atoms with van der Waals surface area (Å²) in [7, 11) is 0. The Hall–Kier alpha value is -2.75. The van der Waals surface area contributed by atoms with E-state index < -0.39 is 16.8 Å². The monoisotopic (exact) mass is 355 g/mol. The highest BCUT2D eigenvalue weighted by Crippen LogP contribution is 2.27. The molecule has 1 unspecified atom stereocenters. The maximum Gasteiger partial charge on any atom is 0.433 e. The van der Waals surface area contributed by atoms with Crippen molar-refractivity contribution in [2.75, 3.05) is 18.4 Å². The van der Waals surface area contributed by atoms with Crippen LogP contribution in [0.4, 0.5) is 24.8 Å². The van der Waals surface area contributed by atoms with Crippen LogP contribution in [0.25, 0.3) is 0 Å². The average molecular weight is 355 g/mol. The van der Waals surface area contributed by atoms with Crippen molar-refractivity contribution < 1.29 is 18.1 Å². The molecule has 2 N–H and O–H groups in total. The van der Waals surface area contributed by atoms with Crippen LogP contribution in [0, 0.1) is 10.1 Å². The van der Waals surface area contributed by atoms with Gasteiger partial charge in [-0.3, -0.25) is 10.1 Å². The van der Waals surface area contributed by atoms with Crippen LogP contribution in [0.5, 0.6) is 0 Å². The van der Waals surface area contributed by atoms with Crippen molar-refractivity contribution in [3.05, 3.63) is 57.9 Å². The molecule has 1 atom stereocenters. The predicted octanol–water partition coefficient (Wildman–Crippen LogP) is 3.17. The molecule has 25 heavy (non-hydrogen) atoms. The minimum atomic E-state index is -4.52. The fourth-order valence-electron chi connectivity index (χ4n) is 2.09. The highest BCUT2D eigenvalue weighted by Gasteiger charge is 2.32. The van der Waals surface area contributed by atoms with E-state index in [1.165, 1.54) is 12.1 Å². The summed E-state index contributed by atoms with van der Waals surface area (Å²) in [5.74, 6) is -0.111. The van der Waals surface area contributed by atoms with Gasteiger partial charge in [-0.15, -0.1) is 0 Å². The largest absolute Gasteiger partial charge is 0.433 e. The van der Waals surface area contributed by atoms with E-state index in [4.69, 9.17) is 0 Å². The molecule has 134 valence electrons. The highest BCUT2D eigenvalue weighted by atomic mass is 19.4. The second-order valence-electron chi connectivity index (χ2n) is 5.22. The molecule has 7 nitrogen and oxygen atoms in total. The van der Waals surface area contributed by atoms with Crippen molar-refractivity contribution in [1.82, 2.24) is 15.3 Å². The molecule has 0 amide bonds. The summed E-state index contributed by atoms with van der Waals surface area (Å²) in [6.45, 7) is 2.53. The lowest BCUT2D eigenvalue weighted by atomic mass is 10.1. The lowest BCUT2D eigenvalue weighted by molar-refractivity contribution is -0.384. The molecule has 0 aliphatic rings. The number of nitrogens with one attached hydrogen (secondary N) is 2. The minimum absolute atomic E-state index is 0.00152. The Kier molecular flexibility index (Phi) is 5.86. The quantitative estimate of drug-likeness (QED) is 0.450. The van der Waals surface area contributed by atoms with Gasteiger partial charge in [0.25, 0.3) is 5.69 Å². The van der Waals surface area contributed by atoms with Gasteiger partial charge in [0.15, 0.2) is 0 Å². The van der Waals surface area contributed by atoms with E-state index >= 15 is 0 Å². The summed E-state index contributed by atoms with van der Waals surface area (Å²) >= 11 is 0. The number of rotatable bonds is 7. The molecular formula is C15H16F3N5O2. The maximum atomic E-state index is 12.6. The van der Waals surface area contributed by atoms with E-state index in [0.717, 1.165) is 17.8 Å². The summed E-state index contributed by atoms with van der Waals surface area (Å²) in [5.41, 5.74) is -0.269. The van der Waals surface area contributed by atoms with Crippen LogP contribution < -0.4 is 10.6 Å². The molecule has 0 saturated carbocycles. The average Bonchev–Trinajstić information content (AvgIpc) is 2.58. The molecule has 0 saturated heterocycles. The molecule has 0 fully saturated rings. The summed E-state index contributed by atoms with van der Waals surface area (Å²) < 4.78 is 37.7. The molecule has 0 spiro atoms. The molecule has 0 aliphatic heterocycles. The number of anilines is 1. The number of benzene rings is 1. The van der Waals surface area contributed by atoms with E-state index in [1.807, 2.05) is 6.92 Å². The lowest BCUT2D eigenvalue weighted by Gasteiger charge is -2.14. The normalized spacial score (nSPS) is 12.6. The van der Waals surface area contributed by atoms with Gasteiger partial charge in [-0.2, -0.15) is 13.2 Å². The van der Waals surface area contributed by atoms with E-state index in [-0.39, 0.29) is 17.7 Å². The Labute approximate surface area is 141 Å². The van der Waals surface area contributed by atoms with Gasteiger partial charge in [-0.1, -0.05) is 12.1 Å². The lowest BCUT2D eigenvalue weighted by Crippen LogP contribution is -2.26. The number of nitrogens with zero attached hydrogens (tertiary/aromatic N) is 3. The Bertz CT molecular complexity index is 739. The number of halogens is 3. The van der Waals surface area contributed by atoms with Gasteiger partial charge in [-0.25, -0.2) is 9.97 Å². The summed E-state index contributed by atoms with van der Waals surface area (Å²) in [6.07, 6.45) is -3.48. The standard InChI is InChI=1S/C15H16F3N5O2/c1-10(11-3-2-4-12(9-11)23(24)25)19-7-8-21-14-20-6-5-13(22-14)15(16,17)18/h2-6,9-10,19H,7-8H2,1H3,(H,20,21,22). The van der Waals surface area contributed by atoms with Crippen LogP contribution in [0.3, 0.4) is 0 Å². The molecule has 0 radical (unpaired) electrons. The number of hydrogen-bond donors (Lipinski definition) is 2. The Morgan fingerprint density at radius 1 is 1.28 bits per heavy atom. The molecule has 1 heterocycles. The van der Waals surface area contributed by atoms with Gasteiger partial charge in [0.2, 0.25) is 5.95 Å². The zero-order chi connectivity index (χ0) is 18.4. The van der Waals surface area contributed by atoms with Crippen molar-refractivity contribution in [3.8, 4) is 0 Å². The molecule has 2 aromatic rings. The first-order chi connectivity index (χ1) is 11.8. The van der Waals surface area contributed by atoms with E-state index in [1.54, 1.807) is 12.1 Å². The van der Waals surface area contributed by atoms with E-state index in [0.29, 0.717) is 13.1 Å². The molecule has 2 rings (SSSR count). The molecular weight excluding hydrogens is 339 g/mol. The smallest absolute Gasteiger partial charge is 0.353 e. The van der Waals surface area contributed by atoms with Crippen LogP contribution in [0.2, 0.25) is 0 Å². The molecule has 1 aromatic heterocycles. The van der Waals surface area contributed by atoms with Crippen LogP contribution in [0.15, 0.2) is 36.5 Å². The SMILES string of the molecule is CC(NCCNc1nccc(C(F)(F)F)n1)c1cccc([N+](=O)[O-])c1.